The molecule has 0 saturated heterocycles. The normalized spacial score (nSPS) is 17.0. The van der Waals surface area contributed by atoms with Crippen molar-refractivity contribution in [2.45, 2.75) is 38.8 Å². The fourth-order valence-corrected chi connectivity index (χ4v) is 4.57. The van der Waals surface area contributed by atoms with Gasteiger partial charge in [-0.25, -0.2) is 9.18 Å². The van der Waals surface area contributed by atoms with Crippen molar-refractivity contribution in [2.24, 2.45) is 0 Å². The number of carbonyl (C=O) groups is 1. The number of carbonyl (C=O) groups excluding carboxylic acids is 1. The first-order chi connectivity index (χ1) is 16.8. The van der Waals surface area contributed by atoms with Crippen LogP contribution in [0.15, 0.2) is 36.8 Å². The molecule has 1 unspecified atom stereocenters. The number of hydrogen-bond donors (Lipinski definition) is 1. The average Bonchev–Trinajstić information content (AvgIpc) is 3.56. The van der Waals surface area contributed by atoms with Gasteiger partial charge in [-0.3, -0.25) is 14.4 Å². The first-order valence-electron chi connectivity index (χ1n) is 11.2. The number of fused-ring (bicyclic) bond motifs is 3. The Balaban J connectivity index is 1.60. The topological polar surface area (TPSA) is 107 Å². The van der Waals surface area contributed by atoms with Crippen LogP contribution in [-0.2, 0) is 11.3 Å². The number of aromatic amines is 1. The van der Waals surface area contributed by atoms with Crippen molar-refractivity contribution < 1.29 is 23.4 Å². The van der Waals surface area contributed by atoms with Gasteiger partial charge < -0.3 is 14.2 Å². The Morgan fingerprint density at radius 2 is 2.00 bits per heavy atom. The van der Waals surface area contributed by atoms with E-state index in [2.05, 4.69) is 20.4 Å². The highest BCUT2D eigenvalue weighted by molar-refractivity contribution is 5.91. The van der Waals surface area contributed by atoms with Crippen LogP contribution < -0.4 is 14.4 Å². The van der Waals surface area contributed by atoms with E-state index in [1.54, 1.807) is 49.6 Å². The van der Waals surface area contributed by atoms with Gasteiger partial charge in [0.25, 0.3) is 0 Å². The number of benzene rings is 1. The van der Waals surface area contributed by atoms with Crippen molar-refractivity contribution in [2.75, 3.05) is 18.1 Å². The Hall–Kier alpha value is -4.15. The van der Waals surface area contributed by atoms with E-state index < -0.39 is 17.5 Å². The lowest BCUT2D eigenvalue weighted by Crippen LogP contribution is -2.38. The van der Waals surface area contributed by atoms with E-state index in [4.69, 9.17) is 14.2 Å². The highest BCUT2D eigenvalue weighted by Gasteiger charge is 2.37. The van der Waals surface area contributed by atoms with Crippen molar-refractivity contribution in [1.29, 1.82) is 0 Å². The Morgan fingerprint density at radius 3 is 2.74 bits per heavy atom. The summed E-state index contributed by atoms with van der Waals surface area (Å²) in [4.78, 5) is 14.9. The predicted molar refractivity (Wildman–Crippen MR) is 123 cm³/mol. The smallest absolute Gasteiger partial charge is 0.416 e. The van der Waals surface area contributed by atoms with Gasteiger partial charge >= 0.3 is 6.09 Å². The molecule has 4 aromatic rings. The molecule has 1 amide bonds. The number of hydrogen-bond acceptors (Lipinski definition) is 7. The molecule has 0 saturated carbocycles. The fourth-order valence-electron chi connectivity index (χ4n) is 4.57. The molecule has 1 atom stereocenters. The number of anilines is 1. The number of H-pyrrole nitrogens is 1. The van der Waals surface area contributed by atoms with E-state index in [0.29, 0.717) is 52.0 Å². The molecule has 0 bridgehead atoms. The maximum Gasteiger partial charge on any atom is 0.416 e. The molecule has 1 aromatic carbocycles. The lowest BCUT2D eigenvalue weighted by atomic mass is 9.95. The third-order valence-electron chi connectivity index (χ3n) is 6.04. The average molecular weight is 478 g/mol. The summed E-state index contributed by atoms with van der Waals surface area (Å²) >= 11 is 0. The number of pyridine rings is 1. The monoisotopic (exact) mass is 478 g/mol. The van der Waals surface area contributed by atoms with Crippen LogP contribution in [0.4, 0.5) is 15.0 Å². The number of amides is 1. The summed E-state index contributed by atoms with van der Waals surface area (Å²) in [6.45, 7) is 5.83. The van der Waals surface area contributed by atoms with Crippen LogP contribution >= 0.6 is 0 Å². The molecule has 0 radical (unpaired) electrons. The Bertz CT molecular complexity index is 1440. The Kier molecular flexibility index (Phi) is 4.70. The van der Waals surface area contributed by atoms with Crippen molar-refractivity contribution in [1.82, 2.24) is 24.8 Å². The lowest BCUT2D eigenvalue weighted by molar-refractivity contribution is 0.0574. The summed E-state index contributed by atoms with van der Waals surface area (Å²) in [5.74, 6) is 0.715. The number of ether oxygens (including phenoxy) is 3. The van der Waals surface area contributed by atoms with Gasteiger partial charge in [-0.2, -0.15) is 5.10 Å². The molecule has 35 heavy (non-hydrogen) atoms. The van der Waals surface area contributed by atoms with Crippen LogP contribution in [0, 0.1) is 5.82 Å². The van der Waals surface area contributed by atoms with E-state index in [-0.39, 0.29) is 19.1 Å². The van der Waals surface area contributed by atoms with Crippen LogP contribution in [0.25, 0.3) is 16.9 Å². The fraction of sp³-hybridized carbons (Fsp3) is 0.333. The zero-order chi connectivity index (χ0) is 24.3. The molecule has 2 aliphatic heterocycles. The van der Waals surface area contributed by atoms with Gasteiger partial charge in [0.1, 0.15) is 23.5 Å². The second kappa shape index (κ2) is 7.69. The number of aromatic nitrogens is 5. The van der Waals surface area contributed by atoms with Crippen molar-refractivity contribution >= 4 is 17.6 Å². The number of nitrogens with one attached hydrogen (secondary N) is 1. The van der Waals surface area contributed by atoms with Crippen molar-refractivity contribution in [3.8, 4) is 22.8 Å². The van der Waals surface area contributed by atoms with Gasteiger partial charge in [0.05, 0.1) is 31.4 Å². The van der Waals surface area contributed by atoms with E-state index in [0.717, 1.165) is 0 Å². The molecule has 2 aliphatic rings. The summed E-state index contributed by atoms with van der Waals surface area (Å²) in [5.41, 5.74) is 2.17. The zero-order valence-corrected chi connectivity index (χ0v) is 19.4. The lowest BCUT2D eigenvalue weighted by Gasteiger charge is -2.29. The molecule has 0 spiro atoms. The summed E-state index contributed by atoms with van der Waals surface area (Å²) < 4.78 is 34.7. The third-order valence-corrected chi connectivity index (χ3v) is 6.04. The van der Waals surface area contributed by atoms with Crippen molar-refractivity contribution in [3.05, 3.63) is 53.7 Å². The molecule has 0 fully saturated rings. The molecule has 3 aromatic heterocycles. The van der Waals surface area contributed by atoms with E-state index in [9.17, 15) is 4.79 Å². The minimum atomic E-state index is -0.776. The maximum absolute atomic E-state index is 15.2. The molecular weight excluding hydrogens is 455 g/mol. The maximum atomic E-state index is 15.2. The minimum absolute atomic E-state index is 0.0865. The summed E-state index contributed by atoms with van der Waals surface area (Å²) in [7, 11) is 0. The molecule has 1 N–H and O–H groups in total. The quantitative estimate of drug-likeness (QED) is 0.440. The third kappa shape index (κ3) is 3.54. The SMILES string of the molecule is CC(C)(C)OC(=O)N1Cc2c(F)ccc3c2C(CO3)COc2cc(-c3ccn[nH]3)c3nncn3c21. The molecule has 6 rings (SSSR count). The van der Waals surface area contributed by atoms with E-state index in [1.807, 2.05) is 0 Å². The van der Waals surface area contributed by atoms with Crippen molar-refractivity contribution in [3.63, 3.8) is 0 Å². The second-order valence-corrected chi connectivity index (χ2v) is 9.56. The second-order valence-electron chi connectivity index (χ2n) is 9.56. The summed E-state index contributed by atoms with van der Waals surface area (Å²) in [5, 5.41) is 15.3. The van der Waals surface area contributed by atoms with Crippen LogP contribution in [0.3, 0.4) is 0 Å². The molecule has 10 nitrogen and oxygen atoms in total. The first-order valence-corrected chi connectivity index (χ1v) is 11.2. The Labute approximate surface area is 199 Å². The number of halogens is 1. The summed E-state index contributed by atoms with van der Waals surface area (Å²) in [6.07, 6.45) is 2.47. The van der Waals surface area contributed by atoms with Gasteiger partial charge in [-0.05, 0) is 45.0 Å². The standard InChI is InChI=1S/C24H23FN6O4/c1-24(2,3)35-23(32)30-9-15-16(25)4-5-18-20(15)13(10-33-18)11-34-19-8-14(17-6-7-26-28-17)21-29-27-12-31(21)22(19)30/h4-8,12-13H,9-11H2,1-3H3,(H,26,28). The van der Waals surface area contributed by atoms with Crippen LogP contribution in [0.5, 0.6) is 11.5 Å². The van der Waals surface area contributed by atoms with Crippen LogP contribution in [0.1, 0.15) is 37.8 Å². The molecule has 180 valence electrons. The predicted octanol–water partition coefficient (Wildman–Crippen LogP) is 4.07. The first kappa shape index (κ1) is 21.4. The number of rotatable bonds is 1. The van der Waals surface area contributed by atoms with Gasteiger partial charge in [-0.1, -0.05) is 0 Å². The zero-order valence-electron chi connectivity index (χ0n) is 19.4. The van der Waals surface area contributed by atoms with Gasteiger partial charge in [0, 0.05) is 22.9 Å². The molecule has 5 heterocycles. The van der Waals surface area contributed by atoms with Gasteiger partial charge in [-0.15, -0.1) is 10.2 Å². The van der Waals surface area contributed by atoms with Gasteiger partial charge in [0.15, 0.2) is 17.2 Å². The summed E-state index contributed by atoms with van der Waals surface area (Å²) in [6, 6.07) is 6.57. The molecule has 11 heteroatoms. The van der Waals surface area contributed by atoms with Crippen LogP contribution in [-0.4, -0.2) is 49.7 Å². The van der Waals surface area contributed by atoms with Crippen LogP contribution in [0.2, 0.25) is 0 Å². The highest BCUT2D eigenvalue weighted by Crippen LogP contribution is 2.43. The van der Waals surface area contributed by atoms with E-state index >= 15 is 4.39 Å². The largest absolute Gasteiger partial charge is 0.493 e. The minimum Gasteiger partial charge on any atom is -0.493 e. The Morgan fingerprint density at radius 1 is 1.20 bits per heavy atom. The van der Waals surface area contributed by atoms with Gasteiger partial charge in [0.2, 0.25) is 0 Å². The molecular formula is C24H23FN6O4. The van der Waals surface area contributed by atoms with E-state index in [1.165, 1.54) is 17.3 Å². The number of nitrogens with zero attached hydrogens (tertiary/aromatic N) is 5. The molecule has 0 aliphatic carbocycles. The highest BCUT2D eigenvalue weighted by atomic mass is 19.1.